The average molecular weight is 554 g/mol. The number of hydrogen-bond acceptors (Lipinski definition) is 8. The topological polar surface area (TPSA) is 121 Å². The van der Waals surface area contributed by atoms with E-state index >= 15 is 0 Å². The van der Waals surface area contributed by atoms with Crippen LogP contribution in [0.1, 0.15) is 19.6 Å². The Morgan fingerprint density at radius 1 is 0.974 bits per heavy atom. The van der Waals surface area contributed by atoms with Crippen molar-refractivity contribution in [1.82, 2.24) is 15.1 Å². The van der Waals surface area contributed by atoms with Crippen molar-refractivity contribution < 1.29 is 36.7 Å². The minimum absolute atomic E-state index is 0. The molecule has 14 heteroatoms. The Morgan fingerprint density at radius 3 is 2.37 bits per heavy atom. The zero-order chi connectivity index (χ0) is 26.8. The van der Waals surface area contributed by atoms with Gasteiger partial charge in [0.2, 0.25) is 5.88 Å². The van der Waals surface area contributed by atoms with Gasteiger partial charge >= 0.3 is 12.2 Å². The molecular formula is C24H23ClF3N5O5. The van der Waals surface area contributed by atoms with Crippen LogP contribution in [0.15, 0.2) is 53.3 Å². The molecule has 38 heavy (non-hydrogen) atoms. The first-order valence-electron chi connectivity index (χ1n) is 10.8. The lowest BCUT2D eigenvalue weighted by Crippen LogP contribution is -2.35. The molecule has 2 N–H and O–H groups in total. The van der Waals surface area contributed by atoms with E-state index < -0.39 is 23.4 Å². The maximum atomic E-state index is 13.2. The fourth-order valence-corrected chi connectivity index (χ4v) is 3.24. The van der Waals surface area contributed by atoms with Gasteiger partial charge in [0, 0.05) is 23.9 Å². The van der Waals surface area contributed by atoms with Crippen molar-refractivity contribution in [3.05, 3.63) is 54.6 Å². The monoisotopic (exact) mass is 553 g/mol. The van der Waals surface area contributed by atoms with Gasteiger partial charge in [-0.1, -0.05) is 11.2 Å². The number of urea groups is 1. The van der Waals surface area contributed by atoms with Crippen LogP contribution in [0.4, 0.5) is 29.5 Å². The summed E-state index contributed by atoms with van der Waals surface area (Å²) < 4.78 is 61.0. The van der Waals surface area contributed by atoms with Crippen LogP contribution in [0.25, 0.3) is 10.9 Å². The zero-order valence-electron chi connectivity index (χ0n) is 20.5. The van der Waals surface area contributed by atoms with Crippen molar-refractivity contribution in [2.45, 2.75) is 25.4 Å². The smallest absolute Gasteiger partial charge is 0.401 e. The number of carbonyl (C=O) groups is 1. The van der Waals surface area contributed by atoms with Crippen molar-refractivity contribution in [1.29, 1.82) is 0 Å². The third-order valence-electron chi connectivity index (χ3n) is 5.49. The first-order chi connectivity index (χ1) is 17.5. The molecule has 0 atom stereocenters. The number of anilines is 2. The molecule has 0 radical (unpaired) electrons. The summed E-state index contributed by atoms with van der Waals surface area (Å²) in [4.78, 5) is 20.8. The maximum absolute atomic E-state index is 13.2. The van der Waals surface area contributed by atoms with Crippen molar-refractivity contribution >= 4 is 40.8 Å². The number of benzene rings is 2. The number of halogens is 4. The predicted octanol–water partition coefficient (Wildman–Crippen LogP) is 6.33. The van der Waals surface area contributed by atoms with Gasteiger partial charge in [0.1, 0.15) is 17.5 Å². The summed E-state index contributed by atoms with van der Waals surface area (Å²) in [5, 5.41) is 8.97. The van der Waals surface area contributed by atoms with Gasteiger partial charge in [-0.3, -0.25) is 5.32 Å². The fraction of sp³-hybridized carbons (Fsp3) is 0.250. The Balaban J connectivity index is 0.00000400. The quantitative estimate of drug-likeness (QED) is 0.272. The normalized spacial score (nSPS) is 11.4. The van der Waals surface area contributed by atoms with Crippen LogP contribution >= 0.6 is 12.4 Å². The molecule has 0 aliphatic heterocycles. The van der Waals surface area contributed by atoms with E-state index in [4.69, 9.17) is 18.7 Å². The van der Waals surface area contributed by atoms with Crippen molar-refractivity contribution in [3.8, 4) is 23.1 Å². The molecule has 0 aliphatic carbocycles. The Kier molecular flexibility index (Phi) is 8.20. The van der Waals surface area contributed by atoms with E-state index in [1.165, 1.54) is 26.6 Å². The van der Waals surface area contributed by atoms with Crippen LogP contribution in [0, 0.1) is 0 Å². The number of alkyl halides is 3. The highest BCUT2D eigenvalue weighted by Gasteiger charge is 2.51. The zero-order valence-corrected chi connectivity index (χ0v) is 21.4. The van der Waals surface area contributed by atoms with Gasteiger partial charge in [-0.25, -0.2) is 14.8 Å². The summed E-state index contributed by atoms with van der Waals surface area (Å²) in [7, 11) is 3.02. The van der Waals surface area contributed by atoms with Crippen LogP contribution in [0.2, 0.25) is 0 Å². The van der Waals surface area contributed by atoms with E-state index in [9.17, 15) is 18.0 Å². The number of fused-ring (bicyclic) bond motifs is 1. The lowest BCUT2D eigenvalue weighted by molar-refractivity contribution is -0.185. The Morgan fingerprint density at radius 2 is 1.68 bits per heavy atom. The number of ether oxygens (including phenoxy) is 3. The SMILES string of the molecule is COc1cc2ncnc(Oc3cccc(NC(=O)Nc4cc(C(C)(C)C(F)(F)F)on4)c3)c2cc1OC.Cl. The molecule has 0 fully saturated rings. The number of nitrogens with zero attached hydrogens (tertiary/aromatic N) is 3. The van der Waals surface area contributed by atoms with Gasteiger partial charge < -0.3 is 24.1 Å². The first kappa shape index (κ1) is 28.3. The number of nitrogens with one attached hydrogen (secondary N) is 2. The number of rotatable bonds is 7. The number of hydrogen-bond donors (Lipinski definition) is 2. The minimum atomic E-state index is -4.56. The Hall–Kier alpha value is -4.26. The summed E-state index contributed by atoms with van der Waals surface area (Å²) in [6, 6.07) is 10.1. The molecule has 2 aromatic carbocycles. The van der Waals surface area contributed by atoms with Crippen molar-refractivity contribution in [3.63, 3.8) is 0 Å². The second-order valence-corrected chi connectivity index (χ2v) is 8.31. The molecule has 2 heterocycles. The van der Waals surface area contributed by atoms with Crippen LogP contribution in [0.5, 0.6) is 23.1 Å². The number of aromatic nitrogens is 3. The van der Waals surface area contributed by atoms with Gasteiger partial charge in [0.15, 0.2) is 23.1 Å². The molecule has 4 rings (SSSR count). The van der Waals surface area contributed by atoms with Crippen LogP contribution in [0.3, 0.4) is 0 Å². The molecule has 0 aliphatic rings. The summed E-state index contributed by atoms with van der Waals surface area (Å²) >= 11 is 0. The van der Waals surface area contributed by atoms with E-state index in [0.29, 0.717) is 33.8 Å². The second kappa shape index (κ2) is 11.0. The average Bonchev–Trinajstić information content (AvgIpc) is 3.32. The van der Waals surface area contributed by atoms with Crippen LogP contribution in [-0.4, -0.2) is 41.6 Å². The van der Waals surface area contributed by atoms with Gasteiger partial charge in [0.25, 0.3) is 0 Å². The summed E-state index contributed by atoms with van der Waals surface area (Å²) in [5.74, 6) is 0.957. The van der Waals surface area contributed by atoms with E-state index in [1.54, 1.807) is 30.3 Å². The predicted molar refractivity (Wildman–Crippen MR) is 135 cm³/mol. The molecule has 0 spiro atoms. The molecule has 10 nitrogen and oxygen atoms in total. The highest BCUT2D eigenvalue weighted by atomic mass is 35.5. The molecule has 4 aromatic rings. The molecule has 202 valence electrons. The number of methoxy groups -OCH3 is 2. The van der Waals surface area contributed by atoms with Crippen LogP contribution < -0.4 is 24.8 Å². The van der Waals surface area contributed by atoms with Gasteiger partial charge in [0.05, 0.1) is 25.1 Å². The second-order valence-electron chi connectivity index (χ2n) is 8.31. The lowest BCUT2D eigenvalue weighted by Gasteiger charge is -2.24. The molecule has 2 amide bonds. The lowest BCUT2D eigenvalue weighted by atomic mass is 9.89. The minimum Gasteiger partial charge on any atom is -0.493 e. The first-order valence-corrected chi connectivity index (χ1v) is 10.8. The largest absolute Gasteiger partial charge is 0.493 e. The third kappa shape index (κ3) is 5.83. The highest BCUT2D eigenvalue weighted by molar-refractivity contribution is 5.99. The fourth-order valence-electron chi connectivity index (χ4n) is 3.24. The molecule has 0 saturated carbocycles. The molecule has 2 aromatic heterocycles. The molecule has 0 saturated heterocycles. The summed E-state index contributed by atoms with van der Waals surface area (Å²) in [6.07, 6.45) is -3.22. The van der Waals surface area contributed by atoms with Gasteiger partial charge in [-0.2, -0.15) is 13.2 Å². The summed E-state index contributed by atoms with van der Waals surface area (Å²) in [6.45, 7) is 1.91. The number of amides is 2. The van der Waals surface area contributed by atoms with Gasteiger partial charge in [-0.15, -0.1) is 12.4 Å². The van der Waals surface area contributed by atoms with E-state index in [-0.39, 0.29) is 24.1 Å². The molecule has 0 unspecified atom stereocenters. The summed E-state index contributed by atoms with van der Waals surface area (Å²) in [5.41, 5.74) is -1.37. The Labute approximate surface area is 220 Å². The van der Waals surface area contributed by atoms with E-state index in [1.807, 2.05) is 0 Å². The highest BCUT2D eigenvalue weighted by Crippen LogP contribution is 2.41. The Bertz CT molecular complexity index is 1440. The van der Waals surface area contributed by atoms with Crippen LogP contribution in [-0.2, 0) is 5.41 Å². The van der Waals surface area contributed by atoms with Crippen molar-refractivity contribution in [2.24, 2.45) is 0 Å². The van der Waals surface area contributed by atoms with Gasteiger partial charge in [-0.05, 0) is 32.0 Å². The third-order valence-corrected chi connectivity index (χ3v) is 5.49. The van der Waals surface area contributed by atoms with E-state index in [0.717, 1.165) is 19.9 Å². The molecule has 0 bridgehead atoms. The maximum Gasteiger partial charge on any atom is 0.401 e. The number of carbonyl (C=O) groups excluding carboxylic acids is 1. The molecular weight excluding hydrogens is 531 g/mol. The van der Waals surface area contributed by atoms with Crippen molar-refractivity contribution in [2.75, 3.05) is 24.9 Å². The van der Waals surface area contributed by atoms with E-state index in [2.05, 4.69) is 25.8 Å². The standard InChI is InChI=1S/C24H22F3N5O5.ClH/c1-23(2,24(25,26)27)19-11-20(32-37-19)31-22(33)30-13-6-5-7-14(8-13)36-21-15-9-17(34-3)18(35-4)10-16(15)28-12-29-21;/h5-12H,1-4H3,(H2,30,31,32,33);1H.